The van der Waals surface area contributed by atoms with Crippen molar-refractivity contribution >= 4 is 0 Å². The molecule has 1 aromatic rings. The third-order valence-corrected chi connectivity index (χ3v) is 7.14. The molecule has 1 N–H and O–H groups in total. The number of fused-ring (bicyclic) bond motifs is 3. The van der Waals surface area contributed by atoms with Crippen LogP contribution in [0.3, 0.4) is 0 Å². The highest BCUT2D eigenvalue weighted by Gasteiger charge is 2.50. The minimum absolute atomic E-state index is 0.163. The van der Waals surface area contributed by atoms with E-state index in [0.717, 1.165) is 63.1 Å². The normalized spacial score (nSPS) is 27.5. The van der Waals surface area contributed by atoms with Crippen LogP contribution in [0.5, 0.6) is 11.5 Å². The highest BCUT2D eigenvalue weighted by molar-refractivity contribution is 5.49. The van der Waals surface area contributed by atoms with Gasteiger partial charge in [0.2, 0.25) is 5.54 Å². The zero-order valence-corrected chi connectivity index (χ0v) is 18.9. The van der Waals surface area contributed by atoms with Gasteiger partial charge in [-0.05, 0) is 53.9 Å². The number of hydrogen-bond donors (Lipinski definition) is 1. The molecule has 0 spiro atoms. The fraction of sp³-hybridized carbons (Fsp3) is 0.720. The Labute approximate surface area is 181 Å². The van der Waals surface area contributed by atoms with Gasteiger partial charge in [0.25, 0.3) is 0 Å². The van der Waals surface area contributed by atoms with E-state index in [2.05, 4.69) is 42.6 Å². The number of nitrogens with zero attached hydrogens (tertiary/aromatic N) is 2. The molecule has 3 aliphatic rings. The number of benzene rings is 1. The molecule has 0 aromatic heterocycles. The van der Waals surface area contributed by atoms with Gasteiger partial charge in [-0.2, -0.15) is 0 Å². The Hall–Kier alpha value is -1.77. The first-order chi connectivity index (χ1) is 14.2. The molecule has 0 radical (unpaired) electrons. The first kappa shape index (κ1) is 21.5. The third-order valence-electron chi connectivity index (χ3n) is 7.14. The van der Waals surface area contributed by atoms with Gasteiger partial charge in [-0.15, -0.1) is 0 Å². The molecule has 2 fully saturated rings. The first-order valence-electron chi connectivity index (χ1n) is 11.4. The molecule has 0 amide bonds. The van der Waals surface area contributed by atoms with E-state index in [9.17, 15) is 5.11 Å². The summed E-state index contributed by atoms with van der Waals surface area (Å²) in [6, 6.07) is 4.51. The van der Waals surface area contributed by atoms with Crippen LogP contribution in [-0.4, -0.2) is 48.5 Å². The molecule has 1 saturated heterocycles. The van der Waals surface area contributed by atoms with Crippen LogP contribution in [0.2, 0.25) is 0 Å². The number of ether oxygens (including phenoxy) is 2. The minimum atomic E-state index is -0.262. The van der Waals surface area contributed by atoms with Crippen molar-refractivity contribution in [3.05, 3.63) is 34.7 Å². The summed E-state index contributed by atoms with van der Waals surface area (Å²) in [4.78, 5) is 6.32. The lowest BCUT2D eigenvalue weighted by atomic mass is 9.75. The standard InChI is InChI=1S/C25H36N2O3/c1-24(2,3)15-18-16-27-10-6-17-12-23(30-11-9-25(26-4)7-8-25)22(29-5)13-19(17)20(27)14-21(18)28/h12-13,18,20-21,28H,6-11,14-16H2,1-3,5H3/t18-,20-,21-/m1/s1. The Morgan fingerprint density at radius 2 is 2.03 bits per heavy atom. The van der Waals surface area contributed by atoms with Gasteiger partial charge in [0.15, 0.2) is 11.5 Å². The molecule has 0 bridgehead atoms. The van der Waals surface area contributed by atoms with Crippen molar-refractivity contribution in [1.82, 2.24) is 4.90 Å². The van der Waals surface area contributed by atoms with Crippen LogP contribution in [-0.2, 0) is 6.42 Å². The van der Waals surface area contributed by atoms with E-state index >= 15 is 0 Å². The van der Waals surface area contributed by atoms with E-state index in [1.807, 2.05) is 0 Å². The molecule has 3 atom stereocenters. The molecule has 164 valence electrons. The van der Waals surface area contributed by atoms with Crippen molar-refractivity contribution in [3.8, 4) is 11.5 Å². The first-order valence-corrected chi connectivity index (χ1v) is 11.4. The fourth-order valence-corrected chi connectivity index (χ4v) is 5.27. The van der Waals surface area contributed by atoms with Gasteiger partial charge in [0.1, 0.15) is 0 Å². The van der Waals surface area contributed by atoms with Gasteiger partial charge >= 0.3 is 0 Å². The molecule has 5 heteroatoms. The number of aliphatic hydroxyl groups excluding tert-OH is 1. The molecule has 1 aliphatic carbocycles. The second kappa shape index (κ2) is 8.05. The lowest BCUT2D eigenvalue weighted by Crippen LogP contribution is -2.48. The average Bonchev–Trinajstić information content (AvgIpc) is 3.47. The Balaban J connectivity index is 1.49. The van der Waals surface area contributed by atoms with Gasteiger partial charge in [-0.3, -0.25) is 4.90 Å². The molecular weight excluding hydrogens is 376 g/mol. The van der Waals surface area contributed by atoms with E-state index in [0.29, 0.717) is 12.5 Å². The second-order valence-corrected chi connectivity index (χ2v) is 10.7. The summed E-state index contributed by atoms with van der Waals surface area (Å²) in [6.07, 6.45) is 5.35. The van der Waals surface area contributed by atoms with Crippen LogP contribution in [0.1, 0.15) is 70.0 Å². The predicted octanol–water partition coefficient (Wildman–Crippen LogP) is 4.63. The Morgan fingerprint density at radius 1 is 1.27 bits per heavy atom. The molecule has 2 aliphatic heterocycles. The zero-order valence-electron chi connectivity index (χ0n) is 18.9. The van der Waals surface area contributed by atoms with Gasteiger partial charge in [0, 0.05) is 32.0 Å². The third kappa shape index (κ3) is 4.45. The highest BCUT2D eigenvalue weighted by atomic mass is 16.5. The lowest BCUT2D eigenvalue weighted by molar-refractivity contribution is -0.0259. The average molecular weight is 413 g/mol. The number of methoxy groups -OCH3 is 1. The predicted molar refractivity (Wildman–Crippen MR) is 118 cm³/mol. The van der Waals surface area contributed by atoms with Crippen molar-refractivity contribution < 1.29 is 14.6 Å². The number of aliphatic hydroxyl groups is 1. The summed E-state index contributed by atoms with van der Waals surface area (Å²) in [7, 11) is 1.69. The van der Waals surface area contributed by atoms with Gasteiger partial charge < -0.3 is 19.4 Å². The molecule has 1 saturated carbocycles. The van der Waals surface area contributed by atoms with Crippen LogP contribution >= 0.6 is 0 Å². The Bertz CT molecular complexity index is 819. The quantitative estimate of drug-likeness (QED) is 0.692. The van der Waals surface area contributed by atoms with Crippen LogP contribution in [0.25, 0.3) is 4.85 Å². The maximum Gasteiger partial charge on any atom is 0.236 e. The number of piperidine rings is 1. The molecule has 30 heavy (non-hydrogen) atoms. The lowest BCUT2D eigenvalue weighted by Gasteiger charge is -2.47. The van der Waals surface area contributed by atoms with Gasteiger partial charge in [0.05, 0.1) is 26.2 Å². The van der Waals surface area contributed by atoms with E-state index in [1.54, 1.807) is 7.11 Å². The van der Waals surface area contributed by atoms with E-state index in [1.165, 1.54) is 11.1 Å². The molecule has 5 nitrogen and oxygen atoms in total. The smallest absolute Gasteiger partial charge is 0.236 e. The fourth-order valence-electron chi connectivity index (χ4n) is 5.27. The molecule has 2 heterocycles. The van der Waals surface area contributed by atoms with Crippen molar-refractivity contribution in [2.75, 3.05) is 26.8 Å². The molecule has 1 aromatic carbocycles. The minimum Gasteiger partial charge on any atom is -0.493 e. The van der Waals surface area contributed by atoms with Crippen molar-refractivity contribution in [3.63, 3.8) is 0 Å². The van der Waals surface area contributed by atoms with Crippen LogP contribution in [0, 0.1) is 17.9 Å². The Morgan fingerprint density at radius 3 is 2.67 bits per heavy atom. The highest BCUT2D eigenvalue weighted by Crippen LogP contribution is 2.45. The van der Waals surface area contributed by atoms with Crippen LogP contribution in [0.15, 0.2) is 12.1 Å². The Kier molecular flexibility index (Phi) is 5.76. The maximum absolute atomic E-state index is 10.9. The summed E-state index contributed by atoms with van der Waals surface area (Å²) in [5.41, 5.74) is 2.65. The molecular formula is C25H36N2O3. The van der Waals surface area contributed by atoms with Crippen molar-refractivity contribution in [1.29, 1.82) is 0 Å². The summed E-state index contributed by atoms with van der Waals surface area (Å²) in [5.74, 6) is 1.88. The van der Waals surface area contributed by atoms with E-state index in [-0.39, 0.29) is 23.1 Å². The summed E-state index contributed by atoms with van der Waals surface area (Å²) in [5, 5.41) is 10.9. The van der Waals surface area contributed by atoms with Gasteiger partial charge in [-0.1, -0.05) is 20.8 Å². The number of rotatable bonds is 6. The van der Waals surface area contributed by atoms with Crippen molar-refractivity contribution in [2.24, 2.45) is 11.3 Å². The molecule has 4 rings (SSSR count). The summed E-state index contributed by atoms with van der Waals surface area (Å²) < 4.78 is 11.7. The summed E-state index contributed by atoms with van der Waals surface area (Å²) >= 11 is 0. The SMILES string of the molecule is [C-]#[N+]C1(CCOc2cc3c(cc2OC)[C@H]2C[C@@H](O)[C@H](CC(C)(C)C)CN2CC3)CC1. The summed E-state index contributed by atoms with van der Waals surface area (Å²) in [6.45, 7) is 16.7. The number of hydrogen-bond acceptors (Lipinski definition) is 4. The van der Waals surface area contributed by atoms with E-state index in [4.69, 9.17) is 16.0 Å². The zero-order chi connectivity index (χ0) is 21.5. The molecule has 0 unspecified atom stereocenters. The monoisotopic (exact) mass is 412 g/mol. The maximum atomic E-state index is 10.9. The largest absolute Gasteiger partial charge is 0.493 e. The van der Waals surface area contributed by atoms with Crippen LogP contribution < -0.4 is 9.47 Å². The van der Waals surface area contributed by atoms with Crippen molar-refractivity contribution in [2.45, 2.75) is 77.0 Å². The van der Waals surface area contributed by atoms with Gasteiger partial charge in [-0.25, -0.2) is 6.57 Å². The second-order valence-electron chi connectivity index (χ2n) is 10.7. The van der Waals surface area contributed by atoms with E-state index < -0.39 is 0 Å². The topological polar surface area (TPSA) is 46.3 Å². The van der Waals surface area contributed by atoms with Crippen LogP contribution in [0.4, 0.5) is 0 Å².